The summed E-state index contributed by atoms with van der Waals surface area (Å²) in [5, 5.41) is 2.81. The third kappa shape index (κ3) is 4.60. The molecule has 2 rings (SSSR count). The predicted molar refractivity (Wildman–Crippen MR) is 83.7 cm³/mol. The van der Waals surface area contributed by atoms with Crippen molar-refractivity contribution < 1.29 is 9.59 Å². The third-order valence-corrected chi connectivity index (χ3v) is 3.29. The molecule has 21 heavy (non-hydrogen) atoms. The van der Waals surface area contributed by atoms with Crippen LogP contribution < -0.4 is 5.32 Å². The molecule has 0 aromatic heterocycles. The molecule has 0 atom stereocenters. The van der Waals surface area contributed by atoms with Gasteiger partial charge in [0.2, 0.25) is 11.8 Å². The molecule has 0 aliphatic carbocycles. The number of likely N-dealkylation sites (tertiary alicyclic amines) is 1. The van der Waals surface area contributed by atoms with Gasteiger partial charge in [0.15, 0.2) is 0 Å². The molecular formula is C17H20N2O2. The molecule has 1 aliphatic rings. The fourth-order valence-corrected chi connectivity index (χ4v) is 2.28. The first kappa shape index (κ1) is 15.0. The van der Waals surface area contributed by atoms with Gasteiger partial charge in [-0.05, 0) is 31.0 Å². The molecule has 2 amide bonds. The fraction of sp³-hybridized carbons (Fsp3) is 0.294. The highest BCUT2D eigenvalue weighted by atomic mass is 16.2. The summed E-state index contributed by atoms with van der Waals surface area (Å²) in [6.07, 6.45) is 8.42. The minimum absolute atomic E-state index is 0.164. The highest BCUT2D eigenvalue weighted by Gasteiger charge is 2.19. The summed E-state index contributed by atoms with van der Waals surface area (Å²) in [6.45, 7) is 3.32. The topological polar surface area (TPSA) is 49.4 Å². The number of benzene rings is 1. The Balaban J connectivity index is 1.97. The van der Waals surface area contributed by atoms with E-state index in [0.717, 1.165) is 24.2 Å². The molecule has 4 nitrogen and oxygen atoms in total. The van der Waals surface area contributed by atoms with E-state index in [-0.39, 0.29) is 11.8 Å². The van der Waals surface area contributed by atoms with E-state index in [9.17, 15) is 9.59 Å². The molecule has 0 unspecified atom stereocenters. The van der Waals surface area contributed by atoms with Crippen LogP contribution >= 0.6 is 0 Å². The van der Waals surface area contributed by atoms with Crippen molar-refractivity contribution in [1.82, 2.24) is 4.90 Å². The average Bonchev–Trinajstić information content (AvgIpc) is 2.85. The largest absolute Gasteiger partial charge is 0.338 e. The molecule has 1 aromatic rings. The van der Waals surface area contributed by atoms with Gasteiger partial charge in [-0.3, -0.25) is 9.59 Å². The Labute approximate surface area is 125 Å². The van der Waals surface area contributed by atoms with Crippen LogP contribution in [0.15, 0.2) is 48.6 Å². The molecule has 0 radical (unpaired) electrons. The molecule has 0 spiro atoms. The highest BCUT2D eigenvalue weighted by Crippen LogP contribution is 2.17. The van der Waals surface area contributed by atoms with Crippen LogP contribution in [0.2, 0.25) is 0 Å². The van der Waals surface area contributed by atoms with Crippen molar-refractivity contribution >= 4 is 17.5 Å². The van der Waals surface area contributed by atoms with E-state index in [2.05, 4.69) is 5.32 Å². The Hall–Kier alpha value is -2.36. The van der Waals surface area contributed by atoms with Gasteiger partial charge in [0.05, 0.1) is 0 Å². The monoisotopic (exact) mass is 284 g/mol. The summed E-state index contributed by atoms with van der Waals surface area (Å²) >= 11 is 0. The number of allylic oxidation sites excluding steroid dienone is 3. The lowest BCUT2D eigenvalue weighted by Crippen LogP contribution is -2.23. The molecule has 0 saturated carbocycles. The van der Waals surface area contributed by atoms with Crippen molar-refractivity contribution in [2.75, 3.05) is 11.9 Å². The molecule has 1 heterocycles. The molecular weight excluding hydrogens is 264 g/mol. The van der Waals surface area contributed by atoms with Crippen LogP contribution in [-0.4, -0.2) is 23.3 Å². The Morgan fingerprint density at radius 3 is 2.95 bits per heavy atom. The van der Waals surface area contributed by atoms with Crippen molar-refractivity contribution in [1.29, 1.82) is 0 Å². The number of rotatable bonds is 5. The predicted octanol–water partition coefficient (Wildman–Crippen LogP) is 2.88. The number of nitrogens with one attached hydrogen (secondary N) is 1. The van der Waals surface area contributed by atoms with Gasteiger partial charge in [-0.15, -0.1) is 0 Å². The van der Waals surface area contributed by atoms with E-state index in [1.165, 1.54) is 6.08 Å². The first-order valence-corrected chi connectivity index (χ1v) is 7.16. The molecule has 1 saturated heterocycles. The van der Waals surface area contributed by atoms with Crippen LogP contribution in [0, 0.1) is 0 Å². The van der Waals surface area contributed by atoms with Gasteiger partial charge in [0, 0.05) is 31.3 Å². The smallest absolute Gasteiger partial charge is 0.248 e. The Bertz CT molecular complexity index is 576. The molecule has 1 aliphatic heterocycles. The summed E-state index contributed by atoms with van der Waals surface area (Å²) in [5.41, 5.74) is 1.77. The SMILES string of the molecule is CC=CC=CC(=O)Nc1cccc(CN2CCCC2=O)c1. The van der Waals surface area contributed by atoms with Crippen LogP contribution in [0.3, 0.4) is 0 Å². The number of hydrogen-bond donors (Lipinski definition) is 1. The zero-order valence-electron chi connectivity index (χ0n) is 12.2. The van der Waals surface area contributed by atoms with Gasteiger partial charge in [-0.1, -0.05) is 30.4 Å². The van der Waals surface area contributed by atoms with Crippen molar-refractivity contribution in [3.05, 3.63) is 54.1 Å². The lowest BCUT2D eigenvalue weighted by molar-refractivity contribution is -0.128. The number of anilines is 1. The van der Waals surface area contributed by atoms with Crippen LogP contribution in [0.4, 0.5) is 5.69 Å². The van der Waals surface area contributed by atoms with Gasteiger partial charge >= 0.3 is 0 Å². The zero-order valence-corrected chi connectivity index (χ0v) is 12.2. The summed E-state index contributed by atoms with van der Waals surface area (Å²) in [5.74, 6) is 0.0428. The summed E-state index contributed by atoms with van der Waals surface area (Å²) < 4.78 is 0. The summed E-state index contributed by atoms with van der Waals surface area (Å²) in [7, 11) is 0. The van der Waals surface area contributed by atoms with Crippen LogP contribution in [0.25, 0.3) is 0 Å². The second-order valence-corrected chi connectivity index (χ2v) is 4.99. The van der Waals surface area contributed by atoms with E-state index >= 15 is 0 Å². The van der Waals surface area contributed by atoms with Crippen molar-refractivity contribution in [3.63, 3.8) is 0 Å². The van der Waals surface area contributed by atoms with Gasteiger partial charge in [0.1, 0.15) is 0 Å². The Morgan fingerprint density at radius 2 is 2.24 bits per heavy atom. The number of hydrogen-bond acceptors (Lipinski definition) is 2. The van der Waals surface area contributed by atoms with E-state index in [0.29, 0.717) is 13.0 Å². The lowest BCUT2D eigenvalue weighted by atomic mass is 10.2. The van der Waals surface area contributed by atoms with Crippen LogP contribution in [-0.2, 0) is 16.1 Å². The van der Waals surface area contributed by atoms with Crippen molar-refractivity contribution in [3.8, 4) is 0 Å². The molecule has 1 N–H and O–H groups in total. The van der Waals surface area contributed by atoms with Crippen LogP contribution in [0.5, 0.6) is 0 Å². The Morgan fingerprint density at radius 1 is 1.38 bits per heavy atom. The van der Waals surface area contributed by atoms with E-state index < -0.39 is 0 Å². The molecule has 1 aromatic carbocycles. The number of carbonyl (C=O) groups excluding carboxylic acids is 2. The van der Waals surface area contributed by atoms with Gasteiger partial charge in [0.25, 0.3) is 0 Å². The third-order valence-electron chi connectivity index (χ3n) is 3.29. The maximum absolute atomic E-state index is 11.7. The van der Waals surface area contributed by atoms with Gasteiger partial charge in [-0.25, -0.2) is 0 Å². The maximum atomic E-state index is 11.7. The molecule has 4 heteroatoms. The zero-order chi connectivity index (χ0) is 15.1. The standard InChI is InChI=1S/C17H20N2O2/c1-2-3-4-9-16(20)18-15-8-5-7-14(12-15)13-19-11-6-10-17(19)21/h2-5,7-9,12H,6,10-11,13H2,1H3,(H,18,20). The Kier molecular flexibility index (Phi) is 5.32. The molecule has 110 valence electrons. The number of carbonyl (C=O) groups is 2. The minimum Gasteiger partial charge on any atom is -0.338 e. The maximum Gasteiger partial charge on any atom is 0.248 e. The lowest BCUT2D eigenvalue weighted by Gasteiger charge is -2.16. The molecule has 1 fully saturated rings. The van der Waals surface area contributed by atoms with Crippen molar-refractivity contribution in [2.45, 2.75) is 26.3 Å². The van der Waals surface area contributed by atoms with E-state index in [4.69, 9.17) is 0 Å². The summed E-state index contributed by atoms with van der Waals surface area (Å²) in [4.78, 5) is 25.2. The molecule has 0 bridgehead atoms. The fourth-order valence-electron chi connectivity index (χ4n) is 2.28. The second-order valence-electron chi connectivity index (χ2n) is 4.99. The second kappa shape index (κ2) is 7.43. The first-order valence-electron chi connectivity index (χ1n) is 7.16. The minimum atomic E-state index is -0.164. The number of nitrogens with zero attached hydrogens (tertiary/aromatic N) is 1. The highest BCUT2D eigenvalue weighted by molar-refractivity contribution is 5.99. The normalized spacial score (nSPS) is 15.3. The van der Waals surface area contributed by atoms with Gasteiger partial charge in [-0.2, -0.15) is 0 Å². The first-order chi connectivity index (χ1) is 10.2. The average molecular weight is 284 g/mol. The van der Waals surface area contributed by atoms with E-state index in [1.807, 2.05) is 42.2 Å². The summed E-state index contributed by atoms with van der Waals surface area (Å²) in [6, 6.07) is 7.61. The number of amides is 2. The van der Waals surface area contributed by atoms with Crippen LogP contribution in [0.1, 0.15) is 25.3 Å². The van der Waals surface area contributed by atoms with E-state index in [1.54, 1.807) is 12.2 Å². The van der Waals surface area contributed by atoms with Crippen molar-refractivity contribution in [2.24, 2.45) is 0 Å². The quantitative estimate of drug-likeness (QED) is 0.667. The van der Waals surface area contributed by atoms with Gasteiger partial charge < -0.3 is 10.2 Å².